The predicted molar refractivity (Wildman–Crippen MR) is 235 cm³/mol. The summed E-state index contributed by atoms with van der Waals surface area (Å²) in [7, 11) is 3.68. The molecular weight excluding hydrogens is 725 g/mol. The predicted octanol–water partition coefficient (Wildman–Crippen LogP) is 13.8. The Kier molecular flexibility index (Phi) is 24.1. The van der Waals surface area contributed by atoms with Crippen molar-refractivity contribution in [2.75, 3.05) is 19.8 Å². The van der Waals surface area contributed by atoms with E-state index in [0.29, 0.717) is 44.8 Å². The minimum atomic E-state index is 0.229. The molecule has 3 radical (unpaired) electrons. The highest BCUT2D eigenvalue weighted by Gasteiger charge is 2.12. The van der Waals surface area contributed by atoms with Crippen molar-refractivity contribution in [1.29, 1.82) is 0 Å². The maximum absolute atomic E-state index is 6.34. The van der Waals surface area contributed by atoms with E-state index in [1.165, 1.54) is 44.1 Å². The SMILES string of the molecule is CCCCCCOc1c(CC)cccc1CN=NC([Si])=C(N=NCc1cccc(CC)c1OCCCCCC)N=NCc1cccc(CC)c1OCCCCCC. The lowest BCUT2D eigenvalue weighted by Crippen LogP contribution is -2.03. The van der Waals surface area contributed by atoms with Gasteiger partial charge in [0.15, 0.2) is 0 Å². The largest absolute Gasteiger partial charge is 0.493 e. The van der Waals surface area contributed by atoms with Crippen LogP contribution in [-0.4, -0.2) is 30.1 Å². The monoisotopic (exact) mass is 794 g/mol. The van der Waals surface area contributed by atoms with Gasteiger partial charge in [0.1, 0.15) is 27.5 Å². The van der Waals surface area contributed by atoms with Crippen molar-refractivity contribution in [3.05, 3.63) is 99.1 Å². The van der Waals surface area contributed by atoms with Gasteiger partial charge in [-0.15, -0.1) is 10.2 Å². The first-order valence-corrected chi connectivity index (χ1v) is 22.3. The summed E-state index contributed by atoms with van der Waals surface area (Å²) >= 11 is 0. The van der Waals surface area contributed by atoms with Gasteiger partial charge in [-0.25, -0.2) is 0 Å². The van der Waals surface area contributed by atoms with Crippen molar-refractivity contribution in [2.24, 2.45) is 30.7 Å². The highest BCUT2D eigenvalue weighted by Crippen LogP contribution is 2.29. The maximum atomic E-state index is 6.34. The van der Waals surface area contributed by atoms with Gasteiger partial charge in [0.05, 0.1) is 44.8 Å². The highest BCUT2D eigenvalue weighted by atomic mass is 28.1. The molecule has 0 saturated heterocycles. The Morgan fingerprint density at radius 2 is 0.737 bits per heavy atom. The number of hydrogen-bond acceptors (Lipinski definition) is 9. The molecule has 0 heterocycles. The fourth-order valence-corrected chi connectivity index (χ4v) is 6.66. The normalized spacial score (nSPS) is 11.6. The Labute approximate surface area is 347 Å². The van der Waals surface area contributed by atoms with Crippen molar-refractivity contribution in [3.8, 4) is 17.2 Å². The van der Waals surface area contributed by atoms with Crippen molar-refractivity contribution < 1.29 is 14.2 Å². The van der Waals surface area contributed by atoms with Gasteiger partial charge in [0, 0.05) is 16.7 Å². The van der Waals surface area contributed by atoms with Crippen LogP contribution in [0.3, 0.4) is 0 Å². The molecule has 0 saturated carbocycles. The van der Waals surface area contributed by atoms with Crippen LogP contribution >= 0.6 is 0 Å². The molecule has 3 rings (SSSR count). The number of rotatable bonds is 30. The molecule has 10 heteroatoms. The van der Waals surface area contributed by atoms with Crippen molar-refractivity contribution in [1.82, 2.24) is 0 Å². The summed E-state index contributed by atoms with van der Waals surface area (Å²) in [6.45, 7) is 16.2. The summed E-state index contributed by atoms with van der Waals surface area (Å²) in [6, 6.07) is 18.7. The summed E-state index contributed by atoms with van der Waals surface area (Å²) in [5.41, 5.74) is 6.46. The number of benzene rings is 3. The molecule has 0 aliphatic carbocycles. The first kappa shape index (κ1) is 47.2. The first-order valence-electron chi connectivity index (χ1n) is 21.8. The summed E-state index contributed by atoms with van der Waals surface area (Å²) in [5.74, 6) is 2.94. The van der Waals surface area contributed by atoms with Gasteiger partial charge in [-0.05, 0) is 55.2 Å². The van der Waals surface area contributed by atoms with Crippen molar-refractivity contribution >= 4 is 10.2 Å². The summed E-state index contributed by atoms with van der Waals surface area (Å²) in [4.78, 5) is 0. The minimum Gasteiger partial charge on any atom is -0.493 e. The molecule has 9 nitrogen and oxygen atoms in total. The molecule has 0 spiro atoms. The first-order chi connectivity index (χ1) is 28.0. The lowest BCUT2D eigenvalue weighted by molar-refractivity contribution is 0.299. The number of hydrogen-bond donors (Lipinski definition) is 0. The van der Waals surface area contributed by atoms with Gasteiger partial charge < -0.3 is 14.2 Å². The third-order valence-corrected chi connectivity index (χ3v) is 10.2. The second-order valence-corrected chi connectivity index (χ2v) is 14.8. The minimum absolute atomic E-state index is 0.229. The van der Waals surface area contributed by atoms with Crippen molar-refractivity contribution in [3.63, 3.8) is 0 Å². The topological polar surface area (TPSA) is 102 Å². The number of azo groups is 3. The summed E-state index contributed by atoms with van der Waals surface area (Å²) in [5, 5.41) is 27.8. The molecule has 0 amide bonds. The molecule has 3 aromatic carbocycles. The van der Waals surface area contributed by atoms with Crippen LogP contribution in [0.25, 0.3) is 0 Å². The third kappa shape index (κ3) is 17.1. The second-order valence-electron chi connectivity index (χ2n) is 14.4. The maximum Gasteiger partial charge on any atom is 0.213 e. The van der Waals surface area contributed by atoms with E-state index >= 15 is 0 Å². The number of ether oxygens (including phenoxy) is 3. The van der Waals surface area contributed by atoms with E-state index in [0.717, 1.165) is 103 Å². The lowest BCUT2D eigenvalue weighted by atomic mass is 10.1. The molecule has 0 aromatic heterocycles. The van der Waals surface area contributed by atoms with Crippen LogP contribution < -0.4 is 14.2 Å². The van der Waals surface area contributed by atoms with E-state index in [2.05, 4.69) is 137 Å². The zero-order valence-electron chi connectivity index (χ0n) is 36.0. The van der Waals surface area contributed by atoms with Crippen LogP contribution in [-0.2, 0) is 38.9 Å². The smallest absolute Gasteiger partial charge is 0.213 e. The standard InChI is InChI=1S/C47H69N6O3Si/c1-7-13-16-19-31-54-43-37(10-4)25-22-28-40(43)34-48-51-46(52-49-35-41-29-23-26-38(11-5)44(41)55-32-20-17-14-8-2)47(57)53-50-36-42-30-24-27-39(12-6)45(42)56-33-21-18-15-9-3/h22-30H,7-21,31-36H2,1-6H3. The zero-order chi connectivity index (χ0) is 40.9. The Morgan fingerprint density at radius 1 is 0.421 bits per heavy atom. The summed E-state index contributed by atoms with van der Waals surface area (Å²) < 4.78 is 19.0. The molecule has 0 atom stereocenters. The van der Waals surface area contributed by atoms with Crippen molar-refractivity contribution in [2.45, 2.75) is 157 Å². The van der Waals surface area contributed by atoms with Crippen LogP contribution in [0, 0.1) is 0 Å². The average molecular weight is 794 g/mol. The fraction of sp³-hybridized carbons (Fsp3) is 0.574. The van der Waals surface area contributed by atoms with Crippen LogP contribution in [0.5, 0.6) is 17.2 Å². The molecule has 0 N–H and O–H groups in total. The number of para-hydroxylation sites is 3. The van der Waals surface area contributed by atoms with Gasteiger partial charge in [0.25, 0.3) is 0 Å². The van der Waals surface area contributed by atoms with Crippen LogP contribution in [0.15, 0.2) is 96.4 Å². The Hall–Kier alpha value is -4.18. The lowest BCUT2D eigenvalue weighted by Gasteiger charge is -2.14. The third-order valence-electron chi connectivity index (χ3n) is 9.85. The van der Waals surface area contributed by atoms with Crippen LogP contribution in [0.2, 0.25) is 0 Å². The number of aryl methyl sites for hydroxylation is 3. The second kappa shape index (κ2) is 29.1. The molecule has 0 fully saturated rings. The molecule has 0 bridgehead atoms. The molecule has 0 aliphatic heterocycles. The summed E-state index contributed by atoms with van der Waals surface area (Å²) in [6.07, 6.45) is 16.4. The molecule has 309 valence electrons. The van der Waals surface area contributed by atoms with Gasteiger partial charge in [-0.2, -0.15) is 20.5 Å². The fourth-order valence-electron chi connectivity index (χ4n) is 6.49. The average Bonchev–Trinajstić information content (AvgIpc) is 3.23. The van der Waals surface area contributed by atoms with E-state index in [-0.39, 0.29) is 5.82 Å². The Morgan fingerprint density at radius 3 is 1.05 bits per heavy atom. The van der Waals surface area contributed by atoms with Gasteiger partial charge in [0.2, 0.25) is 5.82 Å². The molecule has 3 aromatic rings. The quantitative estimate of drug-likeness (QED) is 0.0381. The van der Waals surface area contributed by atoms with Gasteiger partial charge in [-0.1, -0.05) is 154 Å². The van der Waals surface area contributed by atoms with Gasteiger partial charge >= 0.3 is 0 Å². The molecule has 57 heavy (non-hydrogen) atoms. The Bertz CT molecular complexity index is 1630. The van der Waals surface area contributed by atoms with E-state index in [1.54, 1.807) is 0 Å². The number of unbranched alkanes of at least 4 members (excludes halogenated alkanes) is 9. The molecule has 0 aliphatic rings. The van der Waals surface area contributed by atoms with Gasteiger partial charge in [-0.3, -0.25) is 0 Å². The van der Waals surface area contributed by atoms with Crippen LogP contribution in [0.1, 0.15) is 152 Å². The van der Waals surface area contributed by atoms with E-state index in [4.69, 9.17) is 14.2 Å². The Balaban J connectivity index is 1.90. The zero-order valence-corrected chi connectivity index (χ0v) is 37.0. The van der Waals surface area contributed by atoms with E-state index in [1.807, 2.05) is 0 Å². The van der Waals surface area contributed by atoms with Crippen LogP contribution in [0.4, 0.5) is 0 Å². The van der Waals surface area contributed by atoms with E-state index in [9.17, 15) is 0 Å². The molecule has 0 unspecified atom stereocenters. The highest BCUT2D eigenvalue weighted by molar-refractivity contribution is 6.21. The molecular formula is C47H69N6O3Si. The number of nitrogens with zero attached hydrogens (tertiary/aromatic N) is 6. The van der Waals surface area contributed by atoms with E-state index < -0.39 is 0 Å².